The number of nitrogens with zero attached hydrogens (tertiary/aromatic N) is 1. The molecule has 1 amide bonds. The van der Waals surface area contributed by atoms with E-state index in [4.69, 9.17) is 0 Å². The van der Waals surface area contributed by atoms with Gasteiger partial charge in [0, 0.05) is 17.6 Å². The Morgan fingerprint density at radius 2 is 1.72 bits per heavy atom. The van der Waals surface area contributed by atoms with Crippen molar-refractivity contribution in [3.8, 4) is 11.8 Å². The number of phenols is 1. The Morgan fingerprint density at radius 3 is 2.24 bits per heavy atom. The third-order valence-corrected chi connectivity index (χ3v) is 3.85. The van der Waals surface area contributed by atoms with Crippen LogP contribution in [0.2, 0.25) is 0 Å². The number of anilines is 2. The zero-order chi connectivity index (χ0) is 18.2. The topological polar surface area (TPSA) is 85.2 Å². The number of hydrogen-bond acceptors (Lipinski definition) is 4. The van der Waals surface area contributed by atoms with Crippen LogP contribution in [0.1, 0.15) is 25.0 Å². The van der Waals surface area contributed by atoms with E-state index in [0.717, 1.165) is 29.7 Å². The zero-order valence-electron chi connectivity index (χ0n) is 14.3. The average Bonchev–Trinajstić information content (AvgIpc) is 2.64. The van der Waals surface area contributed by atoms with Gasteiger partial charge in [-0.3, -0.25) is 4.79 Å². The van der Waals surface area contributed by atoms with Gasteiger partial charge in [0.25, 0.3) is 5.91 Å². The Hall–Kier alpha value is -3.26. The van der Waals surface area contributed by atoms with Crippen LogP contribution in [-0.4, -0.2) is 11.0 Å². The van der Waals surface area contributed by atoms with Crippen molar-refractivity contribution < 1.29 is 9.90 Å². The van der Waals surface area contributed by atoms with Crippen LogP contribution in [0.5, 0.6) is 5.75 Å². The molecule has 0 aromatic heterocycles. The third-order valence-electron chi connectivity index (χ3n) is 3.85. The maximum atomic E-state index is 12.3. The minimum atomic E-state index is -0.507. The number of hydrogen-bond donors (Lipinski definition) is 3. The molecule has 0 saturated carbocycles. The lowest BCUT2D eigenvalue weighted by molar-refractivity contribution is -0.112. The van der Waals surface area contributed by atoms with Crippen LogP contribution in [0.3, 0.4) is 0 Å². The zero-order valence-corrected chi connectivity index (χ0v) is 14.3. The highest BCUT2D eigenvalue weighted by Crippen LogP contribution is 2.23. The van der Waals surface area contributed by atoms with Crippen molar-refractivity contribution in [1.82, 2.24) is 0 Å². The molecule has 2 aromatic carbocycles. The molecule has 0 saturated heterocycles. The molecule has 0 bridgehead atoms. The molecule has 0 aliphatic carbocycles. The van der Waals surface area contributed by atoms with Crippen molar-refractivity contribution in [3.63, 3.8) is 0 Å². The molecule has 128 valence electrons. The maximum absolute atomic E-state index is 12.3. The van der Waals surface area contributed by atoms with Gasteiger partial charge in [-0.05, 0) is 48.2 Å². The largest absolute Gasteiger partial charge is 0.508 e. The van der Waals surface area contributed by atoms with Crippen molar-refractivity contribution in [2.45, 2.75) is 26.7 Å². The summed E-state index contributed by atoms with van der Waals surface area (Å²) in [4.78, 5) is 12.3. The number of carbonyl (C=O) groups is 1. The van der Waals surface area contributed by atoms with E-state index in [1.807, 2.05) is 24.3 Å². The van der Waals surface area contributed by atoms with Gasteiger partial charge < -0.3 is 15.7 Å². The van der Waals surface area contributed by atoms with Gasteiger partial charge in [0.2, 0.25) is 0 Å². The molecule has 0 fully saturated rings. The lowest BCUT2D eigenvalue weighted by Crippen LogP contribution is -2.14. The van der Waals surface area contributed by atoms with Crippen molar-refractivity contribution in [3.05, 3.63) is 65.4 Å². The molecule has 0 radical (unpaired) electrons. The summed E-state index contributed by atoms with van der Waals surface area (Å²) in [6.07, 6.45) is 3.14. The number of benzene rings is 2. The standard InChI is InChI=1S/C20H21N3O2/c1-3-14-6-5-7-15(4-2)19(14)22-13-16(12-21)20(25)23-17-8-10-18(24)11-9-17/h5-11,13,22,24H,3-4H2,1-2H3,(H,23,25)/b16-13-. The number of aromatic hydroxyl groups is 1. The van der Waals surface area contributed by atoms with Crippen LogP contribution in [0.25, 0.3) is 0 Å². The summed E-state index contributed by atoms with van der Waals surface area (Å²) < 4.78 is 0. The van der Waals surface area contributed by atoms with Gasteiger partial charge >= 0.3 is 0 Å². The van der Waals surface area contributed by atoms with Crippen molar-refractivity contribution >= 4 is 17.3 Å². The predicted octanol–water partition coefficient (Wildman–Crippen LogP) is 3.98. The van der Waals surface area contributed by atoms with Crippen molar-refractivity contribution in [2.75, 3.05) is 10.6 Å². The van der Waals surface area contributed by atoms with Crippen LogP contribution in [-0.2, 0) is 17.6 Å². The fourth-order valence-corrected chi connectivity index (χ4v) is 2.46. The quantitative estimate of drug-likeness (QED) is 0.423. The molecule has 25 heavy (non-hydrogen) atoms. The normalized spacial score (nSPS) is 10.8. The van der Waals surface area contributed by atoms with Gasteiger partial charge in [0.15, 0.2) is 0 Å². The van der Waals surface area contributed by atoms with E-state index in [-0.39, 0.29) is 11.3 Å². The van der Waals surface area contributed by atoms with E-state index in [1.54, 1.807) is 12.1 Å². The molecule has 2 rings (SSSR count). The third kappa shape index (κ3) is 4.61. The Morgan fingerprint density at radius 1 is 1.12 bits per heavy atom. The first-order chi connectivity index (χ1) is 12.1. The summed E-state index contributed by atoms with van der Waals surface area (Å²) >= 11 is 0. The van der Waals surface area contributed by atoms with Gasteiger partial charge in [0.1, 0.15) is 17.4 Å². The highest BCUT2D eigenvalue weighted by molar-refractivity contribution is 6.06. The molecule has 0 aliphatic rings. The Labute approximate surface area is 147 Å². The van der Waals surface area contributed by atoms with Gasteiger partial charge in [-0.25, -0.2) is 0 Å². The first-order valence-electron chi connectivity index (χ1n) is 8.17. The number of nitriles is 1. The van der Waals surface area contributed by atoms with Crippen LogP contribution in [0, 0.1) is 11.3 Å². The van der Waals surface area contributed by atoms with E-state index < -0.39 is 5.91 Å². The van der Waals surface area contributed by atoms with Gasteiger partial charge in [-0.2, -0.15) is 5.26 Å². The van der Waals surface area contributed by atoms with Crippen LogP contribution in [0.4, 0.5) is 11.4 Å². The monoisotopic (exact) mass is 335 g/mol. The number of nitrogens with one attached hydrogen (secondary N) is 2. The number of aryl methyl sites for hydroxylation is 2. The summed E-state index contributed by atoms with van der Waals surface area (Å²) in [5.74, 6) is -0.397. The summed E-state index contributed by atoms with van der Waals surface area (Å²) in [7, 11) is 0. The fourth-order valence-electron chi connectivity index (χ4n) is 2.46. The first-order valence-corrected chi connectivity index (χ1v) is 8.17. The van der Waals surface area contributed by atoms with E-state index in [1.165, 1.54) is 18.3 Å². The van der Waals surface area contributed by atoms with E-state index in [2.05, 4.69) is 24.5 Å². The Balaban J connectivity index is 2.19. The second-order valence-corrected chi connectivity index (χ2v) is 5.47. The van der Waals surface area contributed by atoms with Gasteiger partial charge in [-0.15, -0.1) is 0 Å². The van der Waals surface area contributed by atoms with Crippen molar-refractivity contribution in [2.24, 2.45) is 0 Å². The second kappa shape index (κ2) is 8.55. The highest BCUT2D eigenvalue weighted by Gasteiger charge is 2.11. The molecule has 0 aliphatic heterocycles. The smallest absolute Gasteiger partial charge is 0.267 e. The minimum absolute atomic E-state index is 0.0268. The van der Waals surface area contributed by atoms with Crippen molar-refractivity contribution in [1.29, 1.82) is 5.26 Å². The first kappa shape index (κ1) is 18.1. The average molecular weight is 335 g/mol. The van der Waals surface area contributed by atoms with Gasteiger partial charge in [0.05, 0.1) is 0 Å². The lowest BCUT2D eigenvalue weighted by atomic mass is 10.0. The molecule has 0 atom stereocenters. The van der Waals surface area contributed by atoms with Crippen LogP contribution < -0.4 is 10.6 Å². The Bertz CT molecular complexity index is 796. The number of carbonyl (C=O) groups excluding carboxylic acids is 1. The highest BCUT2D eigenvalue weighted by atomic mass is 16.3. The molecular formula is C20H21N3O2. The number of amides is 1. The number of rotatable bonds is 6. The molecule has 5 nitrogen and oxygen atoms in total. The van der Waals surface area contributed by atoms with Crippen LogP contribution in [0.15, 0.2) is 54.2 Å². The summed E-state index contributed by atoms with van der Waals surface area (Å²) in [6.45, 7) is 4.12. The molecule has 0 heterocycles. The number of phenolic OH excluding ortho intramolecular Hbond substituents is 1. The summed E-state index contributed by atoms with van der Waals surface area (Å²) in [6, 6.07) is 14.0. The fraction of sp³-hybridized carbons (Fsp3) is 0.200. The maximum Gasteiger partial charge on any atom is 0.267 e. The molecule has 2 aromatic rings. The summed E-state index contributed by atoms with van der Waals surface area (Å²) in [5.41, 5.74) is 3.68. The summed E-state index contributed by atoms with van der Waals surface area (Å²) in [5, 5.41) is 24.3. The second-order valence-electron chi connectivity index (χ2n) is 5.47. The van der Waals surface area contributed by atoms with E-state index in [9.17, 15) is 15.2 Å². The SMILES string of the molecule is CCc1cccc(CC)c1N/C=C(/C#N)C(=O)Nc1ccc(O)cc1. The van der Waals surface area contributed by atoms with E-state index >= 15 is 0 Å². The van der Waals surface area contributed by atoms with E-state index in [0.29, 0.717) is 5.69 Å². The molecular weight excluding hydrogens is 314 g/mol. The minimum Gasteiger partial charge on any atom is -0.508 e. The van der Waals surface area contributed by atoms with Gasteiger partial charge in [-0.1, -0.05) is 32.0 Å². The predicted molar refractivity (Wildman–Crippen MR) is 99.3 cm³/mol. The van der Waals surface area contributed by atoms with Crippen LogP contribution >= 0.6 is 0 Å². The molecule has 5 heteroatoms. The number of para-hydroxylation sites is 1. The Kier molecular flexibility index (Phi) is 6.19. The molecule has 0 unspecified atom stereocenters. The molecule has 3 N–H and O–H groups in total. The molecule has 0 spiro atoms. The lowest BCUT2D eigenvalue weighted by Gasteiger charge is -2.13.